The Morgan fingerprint density at radius 2 is 1.57 bits per heavy atom. The molecule has 1 aromatic heterocycles. The second-order valence-electron chi connectivity index (χ2n) is 6.79. The number of carbonyl (C=O) groups is 1. The summed E-state index contributed by atoms with van der Waals surface area (Å²) in [4.78, 5) is 13.2. The number of amides is 1. The van der Waals surface area contributed by atoms with E-state index in [0.717, 1.165) is 17.5 Å². The summed E-state index contributed by atoms with van der Waals surface area (Å²) < 4.78 is 25.3. The number of nitrogens with zero attached hydrogens (tertiary/aromatic N) is 2. The van der Waals surface area contributed by atoms with Gasteiger partial charge in [0.25, 0.3) is 5.91 Å². The van der Waals surface area contributed by atoms with E-state index in [1.165, 1.54) is 12.1 Å². The minimum atomic E-state index is -3.38. The van der Waals surface area contributed by atoms with Crippen LogP contribution in [0.4, 0.5) is 5.69 Å². The SMILES string of the molecule is CS(=O)(=O)c1cccc(NC(=O)c2cn(-c3ccccc3)nc2-c2ccccc2)c1. The number of hydrogen-bond donors (Lipinski definition) is 1. The molecule has 30 heavy (non-hydrogen) atoms. The predicted octanol–water partition coefficient (Wildman–Crippen LogP) is 4.20. The number of anilines is 1. The second-order valence-corrected chi connectivity index (χ2v) is 8.81. The molecular weight excluding hydrogens is 398 g/mol. The van der Waals surface area contributed by atoms with Crippen LogP contribution < -0.4 is 5.32 Å². The van der Waals surface area contributed by atoms with Gasteiger partial charge in [0.2, 0.25) is 0 Å². The molecule has 1 heterocycles. The minimum absolute atomic E-state index is 0.142. The monoisotopic (exact) mass is 417 g/mol. The van der Waals surface area contributed by atoms with Crippen LogP contribution in [0.15, 0.2) is 96.0 Å². The number of nitrogens with one attached hydrogen (secondary N) is 1. The lowest BCUT2D eigenvalue weighted by atomic mass is 10.1. The Kier molecular flexibility index (Phi) is 5.20. The maximum absolute atomic E-state index is 13.1. The van der Waals surface area contributed by atoms with Crippen molar-refractivity contribution < 1.29 is 13.2 Å². The molecule has 0 fully saturated rings. The number of aromatic nitrogens is 2. The highest BCUT2D eigenvalue weighted by Crippen LogP contribution is 2.25. The summed E-state index contributed by atoms with van der Waals surface area (Å²) in [5.41, 5.74) is 2.95. The van der Waals surface area contributed by atoms with E-state index >= 15 is 0 Å². The van der Waals surface area contributed by atoms with Crippen LogP contribution in [-0.4, -0.2) is 30.4 Å². The average Bonchev–Trinajstić information content (AvgIpc) is 3.20. The number of hydrogen-bond acceptors (Lipinski definition) is 4. The van der Waals surface area contributed by atoms with Crippen LogP contribution in [0.5, 0.6) is 0 Å². The van der Waals surface area contributed by atoms with Gasteiger partial charge in [0.15, 0.2) is 9.84 Å². The van der Waals surface area contributed by atoms with E-state index < -0.39 is 9.84 Å². The Morgan fingerprint density at radius 1 is 0.900 bits per heavy atom. The molecule has 1 N–H and O–H groups in total. The van der Waals surface area contributed by atoms with Crippen LogP contribution in [0.1, 0.15) is 10.4 Å². The standard InChI is InChI=1S/C23H19N3O3S/c1-30(28,29)20-14-8-11-18(15-20)24-23(27)21-16-26(19-12-6-3-7-13-19)25-22(21)17-9-4-2-5-10-17/h2-16H,1H3,(H,24,27). The second kappa shape index (κ2) is 7.96. The smallest absolute Gasteiger partial charge is 0.259 e. The van der Waals surface area contributed by atoms with E-state index in [1.807, 2.05) is 60.7 Å². The van der Waals surface area contributed by atoms with E-state index in [9.17, 15) is 13.2 Å². The summed E-state index contributed by atoms with van der Waals surface area (Å²) in [5, 5.41) is 7.42. The van der Waals surface area contributed by atoms with Crippen LogP contribution in [0.3, 0.4) is 0 Å². The fourth-order valence-corrected chi connectivity index (χ4v) is 3.73. The van der Waals surface area contributed by atoms with Crippen molar-refractivity contribution >= 4 is 21.4 Å². The van der Waals surface area contributed by atoms with Gasteiger partial charge in [-0.25, -0.2) is 13.1 Å². The molecular formula is C23H19N3O3S. The van der Waals surface area contributed by atoms with Crippen molar-refractivity contribution in [2.75, 3.05) is 11.6 Å². The van der Waals surface area contributed by atoms with Gasteiger partial charge >= 0.3 is 0 Å². The Bertz CT molecular complexity index is 1300. The number of rotatable bonds is 5. The van der Waals surface area contributed by atoms with E-state index in [4.69, 9.17) is 0 Å². The fraction of sp³-hybridized carbons (Fsp3) is 0.0435. The molecule has 4 aromatic rings. The quantitative estimate of drug-likeness (QED) is 0.528. The van der Waals surface area contributed by atoms with Crippen molar-refractivity contribution in [3.63, 3.8) is 0 Å². The zero-order chi connectivity index (χ0) is 21.1. The first-order valence-corrected chi connectivity index (χ1v) is 11.1. The highest BCUT2D eigenvalue weighted by Gasteiger charge is 2.19. The molecule has 7 heteroatoms. The van der Waals surface area contributed by atoms with Crippen molar-refractivity contribution in [1.82, 2.24) is 9.78 Å². The molecule has 0 spiro atoms. The summed E-state index contributed by atoms with van der Waals surface area (Å²) in [5.74, 6) is -0.373. The number of para-hydroxylation sites is 1. The zero-order valence-corrected chi connectivity index (χ0v) is 17.0. The summed E-state index contributed by atoms with van der Waals surface area (Å²) in [6.07, 6.45) is 2.80. The van der Waals surface area contributed by atoms with Crippen molar-refractivity contribution in [3.8, 4) is 16.9 Å². The third kappa shape index (κ3) is 4.16. The third-order valence-corrected chi connectivity index (χ3v) is 5.66. The van der Waals surface area contributed by atoms with Crippen LogP contribution in [0.2, 0.25) is 0 Å². The molecule has 0 aliphatic heterocycles. The predicted molar refractivity (Wildman–Crippen MR) is 117 cm³/mol. The topological polar surface area (TPSA) is 81.1 Å². The number of carbonyl (C=O) groups excluding carboxylic acids is 1. The van der Waals surface area contributed by atoms with Gasteiger partial charge < -0.3 is 5.32 Å². The normalized spacial score (nSPS) is 11.2. The van der Waals surface area contributed by atoms with Gasteiger partial charge in [-0.1, -0.05) is 54.6 Å². The molecule has 0 unspecified atom stereocenters. The first-order chi connectivity index (χ1) is 14.4. The highest BCUT2D eigenvalue weighted by atomic mass is 32.2. The highest BCUT2D eigenvalue weighted by molar-refractivity contribution is 7.90. The third-order valence-electron chi connectivity index (χ3n) is 4.55. The molecule has 3 aromatic carbocycles. The van der Waals surface area contributed by atoms with Crippen LogP contribution in [-0.2, 0) is 9.84 Å². The van der Waals surface area contributed by atoms with Crippen molar-refractivity contribution in [1.29, 1.82) is 0 Å². The van der Waals surface area contributed by atoms with Gasteiger partial charge in [-0.15, -0.1) is 0 Å². The van der Waals surface area contributed by atoms with Gasteiger partial charge in [-0.05, 0) is 30.3 Å². The molecule has 1 amide bonds. The maximum Gasteiger partial charge on any atom is 0.259 e. The van der Waals surface area contributed by atoms with Crippen LogP contribution >= 0.6 is 0 Å². The molecule has 0 radical (unpaired) electrons. The zero-order valence-electron chi connectivity index (χ0n) is 16.2. The van der Waals surface area contributed by atoms with Gasteiger partial charge in [0, 0.05) is 23.7 Å². The Hall–Kier alpha value is -3.71. The Balaban J connectivity index is 1.74. The number of benzene rings is 3. The molecule has 0 saturated carbocycles. The van der Waals surface area contributed by atoms with E-state index in [1.54, 1.807) is 23.0 Å². The fourth-order valence-electron chi connectivity index (χ4n) is 3.07. The average molecular weight is 417 g/mol. The molecule has 0 aliphatic rings. The van der Waals surface area contributed by atoms with Crippen molar-refractivity contribution in [2.45, 2.75) is 4.90 Å². The largest absolute Gasteiger partial charge is 0.322 e. The lowest BCUT2D eigenvalue weighted by molar-refractivity contribution is 0.102. The summed E-state index contributed by atoms with van der Waals surface area (Å²) in [6.45, 7) is 0. The summed E-state index contributed by atoms with van der Waals surface area (Å²) >= 11 is 0. The van der Waals surface area contributed by atoms with Crippen LogP contribution in [0.25, 0.3) is 16.9 Å². The van der Waals surface area contributed by atoms with Gasteiger partial charge in [-0.3, -0.25) is 4.79 Å². The van der Waals surface area contributed by atoms with Gasteiger partial charge in [-0.2, -0.15) is 5.10 Å². The first kappa shape index (κ1) is 19.6. The summed E-state index contributed by atoms with van der Waals surface area (Å²) in [7, 11) is -3.38. The Morgan fingerprint density at radius 3 is 2.23 bits per heavy atom. The first-order valence-electron chi connectivity index (χ1n) is 9.24. The lowest BCUT2D eigenvalue weighted by Gasteiger charge is -2.07. The van der Waals surface area contributed by atoms with E-state index in [2.05, 4.69) is 10.4 Å². The lowest BCUT2D eigenvalue weighted by Crippen LogP contribution is -2.12. The van der Waals surface area contributed by atoms with Crippen molar-refractivity contribution in [3.05, 3.63) is 96.7 Å². The summed E-state index contributed by atoms with van der Waals surface area (Å²) in [6, 6.07) is 25.1. The maximum atomic E-state index is 13.1. The molecule has 0 atom stereocenters. The molecule has 4 rings (SSSR count). The molecule has 0 saturated heterocycles. The molecule has 150 valence electrons. The van der Waals surface area contributed by atoms with E-state index in [-0.39, 0.29) is 10.8 Å². The van der Waals surface area contributed by atoms with Crippen molar-refractivity contribution in [2.24, 2.45) is 0 Å². The van der Waals surface area contributed by atoms with E-state index in [0.29, 0.717) is 16.9 Å². The van der Waals surface area contributed by atoms with Gasteiger partial charge in [0.05, 0.1) is 16.1 Å². The molecule has 0 aliphatic carbocycles. The van der Waals surface area contributed by atoms with Crippen LogP contribution in [0, 0.1) is 0 Å². The van der Waals surface area contributed by atoms with Gasteiger partial charge in [0.1, 0.15) is 5.69 Å². The Labute approximate surface area is 174 Å². The molecule has 6 nitrogen and oxygen atoms in total. The minimum Gasteiger partial charge on any atom is -0.322 e. The number of sulfone groups is 1. The molecule has 0 bridgehead atoms.